The van der Waals surface area contributed by atoms with Crippen molar-refractivity contribution in [3.8, 4) is 5.75 Å². The molecule has 0 atom stereocenters. The third kappa shape index (κ3) is 3.10. The van der Waals surface area contributed by atoms with Gasteiger partial charge in [-0.3, -0.25) is 14.9 Å². The molecule has 0 aromatic heterocycles. The summed E-state index contributed by atoms with van der Waals surface area (Å²) < 4.78 is 4.90. The van der Waals surface area contributed by atoms with Gasteiger partial charge in [0.15, 0.2) is 6.61 Å². The molecule has 0 aliphatic heterocycles. The molecule has 1 aromatic rings. The number of nitrogens with two attached hydrogens (primary N) is 1. The fourth-order valence-corrected chi connectivity index (χ4v) is 1.12. The van der Waals surface area contributed by atoms with Gasteiger partial charge in [0.25, 0.3) is 11.6 Å². The number of benzene rings is 1. The lowest BCUT2D eigenvalue weighted by Gasteiger charge is -2.03. The number of carbonyl (C=O) groups is 1. The molecule has 1 rings (SSSR count). The fourth-order valence-electron chi connectivity index (χ4n) is 0.880. The minimum Gasteiger partial charge on any atom is -0.484 e. The number of amides is 1. The highest BCUT2D eigenvalue weighted by molar-refractivity contribution is 6.32. The lowest BCUT2D eigenvalue weighted by molar-refractivity contribution is -0.384. The summed E-state index contributed by atoms with van der Waals surface area (Å²) in [4.78, 5) is 20.2. The van der Waals surface area contributed by atoms with E-state index in [0.29, 0.717) is 0 Å². The molecule has 0 aliphatic carbocycles. The molecule has 0 heterocycles. The molecule has 6 nitrogen and oxygen atoms in total. The molecule has 1 aromatic carbocycles. The lowest BCUT2D eigenvalue weighted by Crippen LogP contribution is -2.19. The third-order valence-corrected chi connectivity index (χ3v) is 1.80. The van der Waals surface area contributed by atoms with Gasteiger partial charge in [-0.15, -0.1) is 0 Å². The second-order valence-electron chi connectivity index (χ2n) is 2.63. The Morgan fingerprint density at radius 1 is 1.60 bits per heavy atom. The first kappa shape index (κ1) is 11.3. The number of primary amides is 1. The maximum Gasteiger partial charge on any atom is 0.288 e. The molecule has 0 bridgehead atoms. The Bertz CT molecular complexity index is 408. The molecule has 0 aliphatic rings. The number of hydrogen-bond donors (Lipinski definition) is 1. The van der Waals surface area contributed by atoms with E-state index in [-0.39, 0.29) is 23.1 Å². The molecule has 2 N–H and O–H groups in total. The van der Waals surface area contributed by atoms with Crippen molar-refractivity contribution in [3.63, 3.8) is 0 Å². The van der Waals surface area contributed by atoms with Crippen molar-refractivity contribution >= 4 is 23.2 Å². The van der Waals surface area contributed by atoms with Gasteiger partial charge in [0.1, 0.15) is 10.8 Å². The van der Waals surface area contributed by atoms with Crippen molar-refractivity contribution in [1.29, 1.82) is 0 Å². The van der Waals surface area contributed by atoms with E-state index in [9.17, 15) is 14.9 Å². The normalized spacial score (nSPS) is 9.67. The fraction of sp³-hybridized carbons (Fsp3) is 0.125. The second kappa shape index (κ2) is 4.61. The summed E-state index contributed by atoms with van der Waals surface area (Å²) in [5.74, 6) is -0.381. The van der Waals surface area contributed by atoms with Crippen LogP contribution in [0.2, 0.25) is 5.02 Å². The highest BCUT2D eigenvalue weighted by Crippen LogP contribution is 2.28. The minimum atomic E-state index is -0.635. The van der Waals surface area contributed by atoms with Crippen LogP contribution in [0.4, 0.5) is 5.69 Å². The van der Waals surface area contributed by atoms with E-state index in [1.165, 1.54) is 18.2 Å². The monoisotopic (exact) mass is 230 g/mol. The van der Waals surface area contributed by atoms with E-state index in [0.717, 1.165) is 0 Å². The highest BCUT2D eigenvalue weighted by atomic mass is 35.5. The van der Waals surface area contributed by atoms with Crippen molar-refractivity contribution in [1.82, 2.24) is 0 Å². The van der Waals surface area contributed by atoms with Gasteiger partial charge in [-0.2, -0.15) is 0 Å². The molecular formula is C8H7ClN2O4. The number of carbonyl (C=O) groups excluding carboxylic acids is 1. The standard InChI is InChI=1S/C8H7ClN2O4/c9-6-3-5(15-4-8(10)12)1-2-7(6)11(13)14/h1-3H,4H2,(H2,10,12). The van der Waals surface area contributed by atoms with Crippen molar-refractivity contribution in [2.24, 2.45) is 5.73 Å². The molecule has 0 saturated heterocycles. The van der Waals surface area contributed by atoms with Crippen LogP contribution in [0.5, 0.6) is 5.75 Å². The number of rotatable bonds is 4. The zero-order valence-corrected chi connectivity index (χ0v) is 8.23. The maximum atomic E-state index is 10.4. The predicted molar refractivity (Wildman–Crippen MR) is 52.8 cm³/mol. The first-order valence-corrected chi connectivity index (χ1v) is 4.23. The SMILES string of the molecule is NC(=O)COc1ccc([N+](=O)[O-])c(Cl)c1. The zero-order valence-electron chi connectivity index (χ0n) is 7.47. The van der Waals surface area contributed by atoms with Crippen LogP contribution in [0.25, 0.3) is 0 Å². The molecule has 0 radical (unpaired) electrons. The summed E-state index contributed by atoms with van der Waals surface area (Å²) >= 11 is 5.60. The van der Waals surface area contributed by atoms with Crippen LogP contribution in [0, 0.1) is 10.1 Å². The highest BCUT2D eigenvalue weighted by Gasteiger charge is 2.12. The first-order valence-electron chi connectivity index (χ1n) is 3.85. The molecular weight excluding hydrogens is 224 g/mol. The molecule has 80 valence electrons. The van der Waals surface area contributed by atoms with Gasteiger partial charge in [-0.05, 0) is 6.07 Å². The first-order chi connectivity index (χ1) is 7.00. The van der Waals surface area contributed by atoms with Crippen molar-refractivity contribution in [2.45, 2.75) is 0 Å². The average molecular weight is 231 g/mol. The van der Waals surface area contributed by atoms with Gasteiger partial charge in [0, 0.05) is 12.1 Å². The summed E-state index contributed by atoms with van der Waals surface area (Å²) in [6.07, 6.45) is 0. The van der Waals surface area contributed by atoms with E-state index in [2.05, 4.69) is 0 Å². The molecule has 1 amide bonds. The Balaban J connectivity index is 2.82. The topological polar surface area (TPSA) is 95.5 Å². The van der Waals surface area contributed by atoms with Crippen LogP contribution in [0.15, 0.2) is 18.2 Å². The molecule has 0 fully saturated rings. The van der Waals surface area contributed by atoms with Gasteiger partial charge >= 0.3 is 0 Å². The second-order valence-corrected chi connectivity index (χ2v) is 3.03. The Morgan fingerprint density at radius 2 is 2.27 bits per heavy atom. The quantitative estimate of drug-likeness (QED) is 0.619. The number of nitrogens with zero attached hydrogens (tertiary/aromatic N) is 1. The largest absolute Gasteiger partial charge is 0.484 e. The number of nitro groups is 1. The Hall–Kier alpha value is -1.82. The summed E-state index contributed by atoms with van der Waals surface area (Å²) in [5.41, 5.74) is 4.63. The van der Waals surface area contributed by atoms with Gasteiger partial charge in [-0.1, -0.05) is 11.6 Å². The minimum absolute atomic E-state index is 0.0537. The summed E-state index contributed by atoms with van der Waals surface area (Å²) in [5, 5.41) is 10.4. The molecule has 0 spiro atoms. The zero-order chi connectivity index (χ0) is 11.4. The number of ether oxygens (including phenoxy) is 1. The smallest absolute Gasteiger partial charge is 0.288 e. The number of nitro benzene ring substituents is 1. The molecule has 15 heavy (non-hydrogen) atoms. The average Bonchev–Trinajstić information content (AvgIpc) is 2.14. The summed E-state index contributed by atoms with van der Waals surface area (Å²) in [6.45, 7) is -0.297. The van der Waals surface area contributed by atoms with E-state index in [1.807, 2.05) is 0 Å². The van der Waals surface area contributed by atoms with Gasteiger partial charge in [0.2, 0.25) is 0 Å². The van der Waals surface area contributed by atoms with Crippen LogP contribution in [0.1, 0.15) is 0 Å². The summed E-state index contributed by atoms with van der Waals surface area (Å²) in [7, 11) is 0. The van der Waals surface area contributed by atoms with Crippen LogP contribution in [-0.2, 0) is 4.79 Å². The molecule has 0 saturated carbocycles. The van der Waals surface area contributed by atoms with E-state index >= 15 is 0 Å². The predicted octanol–water partition coefficient (Wildman–Crippen LogP) is 1.11. The Morgan fingerprint density at radius 3 is 2.73 bits per heavy atom. The van der Waals surface area contributed by atoms with Crippen molar-refractivity contribution < 1.29 is 14.5 Å². The Labute approximate surface area is 89.7 Å². The van der Waals surface area contributed by atoms with Crippen LogP contribution in [0.3, 0.4) is 0 Å². The third-order valence-electron chi connectivity index (χ3n) is 1.50. The van der Waals surface area contributed by atoms with E-state index in [4.69, 9.17) is 22.1 Å². The Kier molecular flexibility index (Phi) is 3.46. The van der Waals surface area contributed by atoms with E-state index in [1.54, 1.807) is 0 Å². The maximum absolute atomic E-state index is 10.4. The van der Waals surface area contributed by atoms with E-state index < -0.39 is 10.8 Å². The molecule has 7 heteroatoms. The van der Waals surface area contributed by atoms with Crippen LogP contribution in [-0.4, -0.2) is 17.4 Å². The van der Waals surface area contributed by atoms with Gasteiger partial charge in [0.05, 0.1) is 4.92 Å². The lowest BCUT2D eigenvalue weighted by atomic mass is 10.3. The van der Waals surface area contributed by atoms with Crippen LogP contribution < -0.4 is 10.5 Å². The van der Waals surface area contributed by atoms with Gasteiger partial charge < -0.3 is 10.5 Å². The van der Waals surface area contributed by atoms with Crippen molar-refractivity contribution in [2.75, 3.05) is 6.61 Å². The number of halogens is 1. The van der Waals surface area contributed by atoms with Crippen molar-refractivity contribution in [3.05, 3.63) is 33.3 Å². The van der Waals surface area contributed by atoms with Crippen LogP contribution >= 0.6 is 11.6 Å². The van der Waals surface area contributed by atoms with Gasteiger partial charge in [-0.25, -0.2) is 0 Å². The number of hydrogen-bond acceptors (Lipinski definition) is 4. The molecule has 0 unspecified atom stereocenters. The summed E-state index contributed by atoms with van der Waals surface area (Å²) in [6, 6.07) is 3.79.